The van der Waals surface area contributed by atoms with Crippen molar-refractivity contribution in [1.29, 1.82) is 0 Å². The lowest BCUT2D eigenvalue weighted by Crippen LogP contribution is -1.85. The van der Waals surface area contributed by atoms with Gasteiger partial charge in [-0.1, -0.05) is 127 Å². The van der Waals surface area contributed by atoms with E-state index in [9.17, 15) is 0 Å². The minimum absolute atomic E-state index is 1.24. The van der Waals surface area contributed by atoms with E-state index in [0.717, 1.165) is 0 Å². The average molecular weight is 719 g/mol. The van der Waals surface area contributed by atoms with Crippen molar-refractivity contribution in [2.24, 2.45) is 0 Å². The van der Waals surface area contributed by atoms with Gasteiger partial charge in [-0.05, 0) is 132 Å². The first-order valence-corrected chi connectivity index (χ1v) is 20.1. The van der Waals surface area contributed by atoms with Crippen LogP contribution in [-0.4, -0.2) is 0 Å². The third-order valence-corrected chi connectivity index (χ3v) is 13.7. The van der Waals surface area contributed by atoms with Crippen LogP contribution in [0.5, 0.6) is 0 Å². The molecule has 54 heavy (non-hydrogen) atoms. The molecule has 250 valence electrons. The number of hydrogen-bond acceptors (Lipinski definition) is 2. The zero-order chi connectivity index (χ0) is 35.3. The quantitative estimate of drug-likeness (QED) is 0.170. The summed E-state index contributed by atoms with van der Waals surface area (Å²) < 4.78 is 5.36. The summed E-state index contributed by atoms with van der Waals surface area (Å²) >= 11 is 3.74. The van der Waals surface area contributed by atoms with Crippen LogP contribution in [0.3, 0.4) is 0 Å². The molecule has 0 saturated carbocycles. The Morgan fingerprint density at radius 2 is 0.667 bits per heavy atom. The van der Waals surface area contributed by atoms with Crippen LogP contribution in [-0.2, 0) is 0 Å². The van der Waals surface area contributed by atoms with Crippen molar-refractivity contribution in [2.45, 2.75) is 0 Å². The van der Waals surface area contributed by atoms with Gasteiger partial charge in [-0.3, -0.25) is 0 Å². The van der Waals surface area contributed by atoms with Crippen molar-refractivity contribution in [1.82, 2.24) is 0 Å². The van der Waals surface area contributed by atoms with E-state index >= 15 is 0 Å². The molecule has 0 nitrogen and oxygen atoms in total. The average Bonchev–Trinajstić information content (AvgIpc) is 3.91. The molecule has 0 saturated heterocycles. The Kier molecular flexibility index (Phi) is 6.48. The highest BCUT2D eigenvalue weighted by Gasteiger charge is 2.23. The van der Waals surface area contributed by atoms with Gasteiger partial charge in [0.1, 0.15) is 0 Å². The monoisotopic (exact) mass is 718 g/mol. The van der Waals surface area contributed by atoms with Crippen LogP contribution in [0.2, 0.25) is 0 Å². The molecule has 1 aliphatic rings. The lowest BCUT2D eigenvalue weighted by Gasteiger charge is -2.12. The molecule has 0 radical (unpaired) electrons. The molecule has 0 atom stereocenters. The first-order chi connectivity index (χ1) is 26.7. The van der Waals surface area contributed by atoms with Gasteiger partial charge >= 0.3 is 0 Å². The van der Waals surface area contributed by atoms with Gasteiger partial charge in [0.05, 0.1) is 0 Å². The summed E-state index contributed by atoms with van der Waals surface area (Å²) in [6.45, 7) is 0. The summed E-state index contributed by atoms with van der Waals surface area (Å²) in [6, 6.07) is 68.0. The van der Waals surface area contributed by atoms with Crippen molar-refractivity contribution in [3.8, 4) is 66.8 Å². The summed E-state index contributed by atoms with van der Waals surface area (Å²) in [6.07, 6.45) is 0. The molecule has 0 N–H and O–H groups in total. The van der Waals surface area contributed by atoms with Crippen LogP contribution in [0.15, 0.2) is 182 Å². The molecule has 12 rings (SSSR count). The fraction of sp³-hybridized carbons (Fsp3) is 0. The second-order valence-corrected chi connectivity index (χ2v) is 16.6. The molecule has 0 fully saturated rings. The molecular formula is C52H30S2. The predicted molar refractivity (Wildman–Crippen MR) is 236 cm³/mol. The molecule has 0 bridgehead atoms. The molecule has 2 aromatic heterocycles. The Morgan fingerprint density at radius 3 is 1.33 bits per heavy atom. The molecule has 2 heteroatoms. The smallest absolute Gasteiger partial charge is 0.0355 e. The number of hydrogen-bond donors (Lipinski definition) is 0. The normalized spacial score (nSPS) is 12.1. The summed E-state index contributed by atoms with van der Waals surface area (Å²) in [5.74, 6) is 0. The molecule has 0 spiro atoms. The van der Waals surface area contributed by atoms with Gasteiger partial charge < -0.3 is 0 Å². The number of fused-ring (bicyclic) bond motifs is 9. The van der Waals surface area contributed by atoms with Crippen LogP contribution in [0, 0.1) is 0 Å². The highest BCUT2D eigenvalue weighted by atomic mass is 32.1. The van der Waals surface area contributed by atoms with Crippen molar-refractivity contribution < 1.29 is 0 Å². The minimum Gasteiger partial charge on any atom is -0.135 e. The van der Waals surface area contributed by atoms with Crippen LogP contribution >= 0.6 is 22.7 Å². The van der Waals surface area contributed by atoms with Crippen molar-refractivity contribution in [3.05, 3.63) is 182 Å². The van der Waals surface area contributed by atoms with E-state index in [4.69, 9.17) is 0 Å². The summed E-state index contributed by atoms with van der Waals surface area (Å²) in [5.41, 5.74) is 15.2. The Bertz CT molecular complexity index is 3340. The van der Waals surface area contributed by atoms with Gasteiger partial charge in [-0.15, -0.1) is 22.7 Å². The van der Waals surface area contributed by atoms with E-state index < -0.39 is 0 Å². The van der Waals surface area contributed by atoms with E-state index in [0.29, 0.717) is 0 Å². The Morgan fingerprint density at radius 1 is 0.222 bits per heavy atom. The molecule has 0 aliphatic heterocycles. The number of thiophene rings is 2. The standard InChI is InChI=1S/C52H30S2/c1-3-16-48-40(12-1)46-29-35(19-24-50(46)53-48)32-9-5-8-31(26-32)34-18-21-39-43-15-7-14-42-38(22-23-44(52(42)43)45(39)28-34)37-11-6-10-33(27-37)36-20-25-51-47(30-36)41-13-2-4-17-49(41)54-51/h1-30H. The number of benzene rings is 9. The molecule has 11 aromatic rings. The second-order valence-electron chi connectivity index (χ2n) is 14.4. The fourth-order valence-corrected chi connectivity index (χ4v) is 11.0. The SMILES string of the molecule is c1cc(-c2ccc3c(c2)-c2ccc(-c4cccc(-c5ccc6sc7ccccc7c6c5)c4)c4cccc-3c24)cc(-c2ccc3sc4ccccc4c3c2)c1. The van der Waals surface area contributed by atoms with Crippen molar-refractivity contribution >= 4 is 73.8 Å². The third kappa shape index (κ3) is 4.54. The van der Waals surface area contributed by atoms with Gasteiger partial charge in [-0.25, -0.2) is 0 Å². The van der Waals surface area contributed by atoms with Crippen LogP contribution in [0.25, 0.3) is 118 Å². The largest absolute Gasteiger partial charge is 0.135 e. The van der Waals surface area contributed by atoms with Crippen LogP contribution < -0.4 is 0 Å². The van der Waals surface area contributed by atoms with Gasteiger partial charge in [-0.2, -0.15) is 0 Å². The lowest BCUT2D eigenvalue weighted by molar-refractivity contribution is 1.60. The predicted octanol–water partition coefficient (Wildman–Crippen LogP) is 15.9. The van der Waals surface area contributed by atoms with E-state index in [2.05, 4.69) is 182 Å². The summed E-state index contributed by atoms with van der Waals surface area (Å²) in [5, 5.41) is 8.00. The first-order valence-electron chi connectivity index (χ1n) is 18.5. The molecule has 9 aromatic carbocycles. The maximum absolute atomic E-state index is 2.41. The van der Waals surface area contributed by atoms with Gasteiger partial charge in [0.2, 0.25) is 0 Å². The van der Waals surface area contributed by atoms with E-state index in [1.807, 2.05) is 22.7 Å². The molecule has 0 unspecified atom stereocenters. The van der Waals surface area contributed by atoms with Gasteiger partial charge in [0.25, 0.3) is 0 Å². The Balaban J connectivity index is 0.923. The van der Waals surface area contributed by atoms with E-state index in [1.165, 1.54) is 118 Å². The van der Waals surface area contributed by atoms with Crippen LogP contribution in [0.4, 0.5) is 0 Å². The molecular weight excluding hydrogens is 689 g/mol. The Hall–Kier alpha value is -6.32. The summed E-state index contributed by atoms with van der Waals surface area (Å²) in [7, 11) is 0. The maximum atomic E-state index is 2.41. The van der Waals surface area contributed by atoms with Crippen molar-refractivity contribution in [2.75, 3.05) is 0 Å². The van der Waals surface area contributed by atoms with Gasteiger partial charge in [0.15, 0.2) is 0 Å². The van der Waals surface area contributed by atoms with E-state index in [1.54, 1.807) is 0 Å². The molecule has 2 heterocycles. The van der Waals surface area contributed by atoms with Crippen molar-refractivity contribution in [3.63, 3.8) is 0 Å². The molecule has 1 aliphatic carbocycles. The zero-order valence-electron chi connectivity index (χ0n) is 29.1. The van der Waals surface area contributed by atoms with Crippen LogP contribution in [0.1, 0.15) is 0 Å². The highest BCUT2D eigenvalue weighted by molar-refractivity contribution is 7.26. The zero-order valence-corrected chi connectivity index (χ0v) is 30.8. The third-order valence-electron chi connectivity index (χ3n) is 11.4. The Labute approximate surface area is 320 Å². The lowest BCUT2D eigenvalue weighted by atomic mass is 9.92. The fourth-order valence-electron chi connectivity index (χ4n) is 8.84. The van der Waals surface area contributed by atoms with E-state index in [-0.39, 0.29) is 0 Å². The summed E-state index contributed by atoms with van der Waals surface area (Å²) in [4.78, 5) is 0. The molecule has 0 amide bonds. The maximum Gasteiger partial charge on any atom is 0.0355 e. The topological polar surface area (TPSA) is 0 Å². The highest BCUT2D eigenvalue weighted by Crippen LogP contribution is 2.51. The minimum atomic E-state index is 1.24. The first kappa shape index (κ1) is 30.2. The van der Waals surface area contributed by atoms with Gasteiger partial charge in [0, 0.05) is 40.3 Å². The number of rotatable bonds is 4. The second kappa shape index (κ2) is 11.6.